The van der Waals surface area contributed by atoms with E-state index in [2.05, 4.69) is 9.84 Å². The van der Waals surface area contributed by atoms with E-state index in [1.54, 1.807) is 12.1 Å². The smallest absolute Gasteiger partial charge is 0.435 e. The van der Waals surface area contributed by atoms with Crippen molar-refractivity contribution in [2.75, 3.05) is 7.11 Å². The van der Waals surface area contributed by atoms with Gasteiger partial charge in [-0.25, -0.2) is 9.48 Å². The molecule has 0 saturated heterocycles. The lowest BCUT2D eigenvalue weighted by Gasteiger charge is -2.21. The number of carbonyl (C=O) groups excluding carboxylic acids is 1. The molecule has 8 heteroatoms. The summed E-state index contributed by atoms with van der Waals surface area (Å²) in [6.07, 6.45) is -2.95. The van der Waals surface area contributed by atoms with Crippen molar-refractivity contribution < 1.29 is 22.7 Å². The van der Waals surface area contributed by atoms with Crippen molar-refractivity contribution in [3.63, 3.8) is 0 Å². The molecular weight excluding hydrogens is 323 g/mol. The molecule has 1 atom stereocenters. The molecular formula is C16H16F3N3O2. The van der Waals surface area contributed by atoms with Gasteiger partial charge in [-0.3, -0.25) is 0 Å². The van der Waals surface area contributed by atoms with E-state index in [-0.39, 0.29) is 11.1 Å². The minimum atomic E-state index is -4.58. The molecule has 1 aromatic heterocycles. The molecule has 128 valence electrons. The number of methoxy groups -OCH3 is 1. The number of ether oxygens (including phenoxy) is 1. The topological polar surface area (TPSA) is 70.1 Å². The van der Waals surface area contributed by atoms with Crippen LogP contribution in [0.4, 0.5) is 13.2 Å². The third-order valence-electron chi connectivity index (χ3n) is 4.10. The summed E-state index contributed by atoms with van der Waals surface area (Å²) in [4.78, 5) is 11.7. The number of hydrogen-bond acceptors (Lipinski definition) is 4. The Morgan fingerprint density at radius 1 is 1.42 bits per heavy atom. The molecule has 2 aromatic rings. The third kappa shape index (κ3) is 2.77. The van der Waals surface area contributed by atoms with Crippen LogP contribution in [0.3, 0.4) is 0 Å². The molecule has 3 rings (SSSR count). The number of nitrogens with zero attached hydrogens (tertiary/aromatic N) is 2. The lowest BCUT2D eigenvalue weighted by Crippen LogP contribution is -2.21. The lowest BCUT2D eigenvalue weighted by molar-refractivity contribution is -0.142. The highest BCUT2D eigenvalue weighted by atomic mass is 19.4. The van der Waals surface area contributed by atoms with Crippen molar-refractivity contribution in [1.82, 2.24) is 9.78 Å². The van der Waals surface area contributed by atoms with E-state index in [1.807, 2.05) is 0 Å². The van der Waals surface area contributed by atoms with Crippen molar-refractivity contribution in [2.24, 2.45) is 5.73 Å². The number of alkyl halides is 3. The highest BCUT2D eigenvalue weighted by molar-refractivity contribution is 5.89. The molecule has 1 unspecified atom stereocenters. The summed E-state index contributed by atoms with van der Waals surface area (Å²) in [5.74, 6) is -0.564. The highest BCUT2D eigenvalue weighted by Gasteiger charge is 2.41. The summed E-state index contributed by atoms with van der Waals surface area (Å²) in [5, 5.41) is 3.77. The average molecular weight is 339 g/mol. The van der Waals surface area contributed by atoms with Crippen LogP contribution in [0.2, 0.25) is 0 Å². The maximum absolute atomic E-state index is 13.3. The summed E-state index contributed by atoms with van der Waals surface area (Å²) in [6, 6.07) is 5.47. The zero-order valence-corrected chi connectivity index (χ0v) is 12.9. The van der Waals surface area contributed by atoms with E-state index in [4.69, 9.17) is 5.73 Å². The first kappa shape index (κ1) is 16.5. The molecule has 0 fully saturated rings. The Labute approximate surface area is 136 Å². The fraction of sp³-hybridized carbons (Fsp3) is 0.375. The number of esters is 1. The molecule has 1 aromatic carbocycles. The Kier molecular flexibility index (Phi) is 4.08. The Morgan fingerprint density at radius 3 is 2.83 bits per heavy atom. The van der Waals surface area contributed by atoms with Crippen molar-refractivity contribution in [3.05, 3.63) is 46.8 Å². The highest BCUT2D eigenvalue weighted by Crippen LogP contribution is 2.40. The molecule has 0 aliphatic heterocycles. The van der Waals surface area contributed by atoms with E-state index in [9.17, 15) is 18.0 Å². The summed E-state index contributed by atoms with van der Waals surface area (Å²) in [7, 11) is 1.24. The standard InChI is InChI=1S/C16H16F3N3O2/c1-24-15(23)9-4-2-5-10(8-9)22-12-7-3-6-11(20)13(12)14(21-22)16(17,18)19/h2,4-5,8,11H,3,6-7,20H2,1H3. The molecule has 1 aliphatic carbocycles. The van der Waals surface area contributed by atoms with Crippen LogP contribution in [-0.4, -0.2) is 22.9 Å². The SMILES string of the molecule is COC(=O)c1cccc(-n2nc(C(F)(F)F)c3c2CCCC3N)c1. The van der Waals surface area contributed by atoms with Crippen LogP contribution in [0.15, 0.2) is 24.3 Å². The second-order valence-electron chi connectivity index (χ2n) is 5.66. The largest absolute Gasteiger partial charge is 0.465 e. The third-order valence-corrected chi connectivity index (χ3v) is 4.10. The molecule has 1 aliphatic rings. The van der Waals surface area contributed by atoms with Crippen LogP contribution >= 0.6 is 0 Å². The first-order valence-electron chi connectivity index (χ1n) is 7.46. The quantitative estimate of drug-likeness (QED) is 0.854. The summed E-state index contributed by atoms with van der Waals surface area (Å²) in [5.41, 5.74) is 6.07. The van der Waals surface area contributed by atoms with Gasteiger partial charge in [-0.2, -0.15) is 18.3 Å². The Bertz CT molecular complexity index is 783. The maximum Gasteiger partial charge on any atom is 0.435 e. The van der Waals surface area contributed by atoms with Crippen molar-refractivity contribution in [2.45, 2.75) is 31.5 Å². The van der Waals surface area contributed by atoms with Crippen LogP contribution < -0.4 is 5.73 Å². The van der Waals surface area contributed by atoms with Crippen LogP contribution in [0.5, 0.6) is 0 Å². The van der Waals surface area contributed by atoms with Crippen molar-refractivity contribution in [1.29, 1.82) is 0 Å². The molecule has 24 heavy (non-hydrogen) atoms. The number of benzene rings is 1. The van der Waals surface area contributed by atoms with Crippen LogP contribution in [0, 0.1) is 0 Å². The first-order valence-corrected chi connectivity index (χ1v) is 7.46. The second kappa shape index (κ2) is 5.94. The van der Waals surface area contributed by atoms with Gasteiger partial charge in [0.25, 0.3) is 0 Å². The molecule has 2 N–H and O–H groups in total. The normalized spacial score (nSPS) is 17.5. The number of rotatable bonds is 2. The molecule has 0 radical (unpaired) electrons. The zero-order chi connectivity index (χ0) is 17.5. The van der Waals surface area contributed by atoms with Gasteiger partial charge in [0.1, 0.15) is 0 Å². The van der Waals surface area contributed by atoms with E-state index in [0.717, 1.165) is 0 Å². The number of carbonyl (C=O) groups is 1. The van der Waals surface area contributed by atoms with E-state index in [1.165, 1.54) is 23.9 Å². The molecule has 0 bridgehead atoms. The number of fused-ring (bicyclic) bond motifs is 1. The monoisotopic (exact) mass is 339 g/mol. The Hall–Kier alpha value is -2.35. The Morgan fingerprint density at radius 2 is 2.17 bits per heavy atom. The Balaban J connectivity index is 2.17. The average Bonchev–Trinajstić information content (AvgIpc) is 2.95. The van der Waals surface area contributed by atoms with Crippen molar-refractivity contribution in [3.8, 4) is 5.69 Å². The van der Waals surface area contributed by atoms with E-state index >= 15 is 0 Å². The molecule has 0 spiro atoms. The molecule has 0 amide bonds. The summed E-state index contributed by atoms with van der Waals surface area (Å²) in [6.45, 7) is 0. The number of hydrogen-bond donors (Lipinski definition) is 1. The number of halogens is 3. The molecule has 0 saturated carbocycles. The van der Waals surface area contributed by atoms with Gasteiger partial charge in [0.15, 0.2) is 5.69 Å². The van der Waals surface area contributed by atoms with Gasteiger partial charge >= 0.3 is 12.1 Å². The van der Waals surface area contributed by atoms with E-state index < -0.39 is 23.9 Å². The first-order chi connectivity index (χ1) is 11.3. The fourth-order valence-electron chi connectivity index (χ4n) is 3.03. The predicted molar refractivity (Wildman–Crippen MR) is 79.8 cm³/mol. The van der Waals surface area contributed by atoms with Crippen LogP contribution in [0.1, 0.15) is 46.2 Å². The van der Waals surface area contributed by atoms with Gasteiger partial charge in [0.2, 0.25) is 0 Å². The molecule has 5 nitrogen and oxygen atoms in total. The lowest BCUT2D eigenvalue weighted by atomic mass is 9.91. The van der Waals surface area contributed by atoms with Gasteiger partial charge in [0, 0.05) is 17.3 Å². The van der Waals surface area contributed by atoms with Gasteiger partial charge in [-0.05, 0) is 37.5 Å². The van der Waals surface area contributed by atoms with Gasteiger partial charge in [-0.1, -0.05) is 6.07 Å². The number of aromatic nitrogens is 2. The van der Waals surface area contributed by atoms with E-state index in [0.29, 0.717) is 30.6 Å². The molecule has 1 heterocycles. The minimum Gasteiger partial charge on any atom is -0.465 e. The fourth-order valence-corrected chi connectivity index (χ4v) is 3.03. The van der Waals surface area contributed by atoms with Crippen molar-refractivity contribution >= 4 is 5.97 Å². The van der Waals surface area contributed by atoms with Crippen LogP contribution in [0.25, 0.3) is 5.69 Å². The minimum absolute atomic E-state index is 0.0530. The number of nitrogens with two attached hydrogens (primary N) is 1. The van der Waals surface area contributed by atoms with Gasteiger partial charge < -0.3 is 10.5 Å². The van der Waals surface area contributed by atoms with Gasteiger partial charge in [0.05, 0.1) is 18.4 Å². The maximum atomic E-state index is 13.3. The summed E-state index contributed by atoms with van der Waals surface area (Å²) < 4.78 is 45.9. The predicted octanol–water partition coefficient (Wildman–Crippen LogP) is 3.01. The van der Waals surface area contributed by atoms with Crippen LogP contribution in [-0.2, 0) is 17.3 Å². The second-order valence-corrected chi connectivity index (χ2v) is 5.66. The van der Waals surface area contributed by atoms with Gasteiger partial charge in [-0.15, -0.1) is 0 Å². The summed E-state index contributed by atoms with van der Waals surface area (Å²) >= 11 is 0. The zero-order valence-electron chi connectivity index (χ0n) is 12.9.